The van der Waals surface area contributed by atoms with Gasteiger partial charge in [-0.1, -0.05) is 12.2 Å². The van der Waals surface area contributed by atoms with Crippen molar-refractivity contribution < 1.29 is 19.2 Å². The smallest absolute Gasteiger partial charge is 0.349 e. The maximum absolute atomic E-state index is 11.8. The summed E-state index contributed by atoms with van der Waals surface area (Å²) < 4.78 is 5.50. The zero-order chi connectivity index (χ0) is 17.0. The maximum Gasteiger partial charge on any atom is 0.349 e. The molecular weight excluding hydrogens is 282 g/mol. The van der Waals surface area contributed by atoms with Gasteiger partial charge in [0.15, 0.2) is 0 Å². The topological polar surface area (TPSA) is 55.8 Å². The molecule has 0 atom stereocenters. The summed E-state index contributed by atoms with van der Waals surface area (Å²) in [4.78, 5) is 29.0. The molecule has 1 saturated heterocycles. The predicted molar refractivity (Wildman–Crippen MR) is 84.8 cm³/mol. The Morgan fingerprint density at radius 1 is 0.955 bits per heavy atom. The first-order chi connectivity index (χ1) is 10.1. The third-order valence-corrected chi connectivity index (χ3v) is 3.62. The summed E-state index contributed by atoms with van der Waals surface area (Å²) in [6.07, 6.45) is 7.11. The minimum atomic E-state index is -0.431. The summed E-state index contributed by atoms with van der Waals surface area (Å²) in [5.41, 5.74) is -0.861. The van der Waals surface area contributed by atoms with Gasteiger partial charge >= 0.3 is 11.9 Å². The highest BCUT2D eigenvalue weighted by Gasteiger charge is 2.49. The fourth-order valence-electron chi connectivity index (χ4n) is 3.10. The summed E-state index contributed by atoms with van der Waals surface area (Å²) >= 11 is 0. The number of hydroxylamine groups is 2. The van der Waals surface area contributed by atoms with Crippen LogP contribution in [0.1, 0.15) is 54.4 Å². The molecule has 22 heavy (non-hydrogen) atoms. The van der Waals surface area contributed by atoms with E-state index in [2.05, 4.69) is 0 Å². The van der Waals surface area contributed by atoms with Gasteiger partial charge in [-0.15, -0.1) is 5.06 Å². The third kappa shape index (κ3) is 4.70. The van der Waals surface area contributed by atoms with Crippen molar-refractivity contribution in [1.82, 2.24) is 5.06 Å². The second-order valence-electron chi connectivity index (χ2n) is 6.80. The second-order valence-corrected chi connectivity index (χ2v) is 6.80. The molecule has 0 amide bonds. The van der Waals surface area contributed by atoms with E-state index in [1.165, 1.54) is 12.2 Å². The number of hydrogen-bond donors (Lipinski definition) is 0. The van der Waals surface area contributed by atoms with Crippen molar-refractivity contribution in [3.05, 3.63) is 24.3 Å². The Morgan fingerprint density at radius 2 is 1.41 bits per heavy atom. The Labute approximate surface area is 132 Å². The molecule has 0 unspecified atom stereocenters. The van der Waals surface area contributed by atoms with Gasteiger partial charge in [0.05, 0.1) is 11.1 Å². The van der Waals surface area contributed by atoms with Crippen LogP contribution in [0.3, 0.4) is 0 Å². The maximum atomic E-state index is 11.8. The van der Waals surface area contributed by atoms with Gasteiger partial charge in [-0.2, -0.15) is 0 Å². The normalized spacial score (nSPS) is 22.1. The van der Waals surface area contributed by atoms with E-state index in [9.17, 15) is 9.59 Å². The molecule has 124 valence electrons. The van der Waals surface area contributed by atoms with Crippen molar-refractivity contribution in [2.45, 2.75) is 71.6 Å². The quantitative estimate of drug-likeness (QED) is 0.590. The molecule has 5 heteroatoms. The van der Waals surface area contributed by atoms with Crippen molar-refractivity contribution in [1.29, 1.82) is 0 Å². The molecule has 5 nitrogen and oxygen atoms in total. The van der Waals surface area contributed by atoms with Gasteiger partial charge in [0, 0.05) is 25.0 Å². The highest BCUT2D eigenvalue weighted by Crippen LogP contribution is 2.39. The van der Waals surface area contributed by atoms with Crippen LogP contribution in [-0.4, -0.2) is 34.2 Å². The molecule has 0 aromatic rings. The standard InChI is InChI=1S/C17H27NO4/c1-7-9-14(19)21-13-11-16(3,4)18(17(5,6)12-13)22-15(20)10-8-2/h7-10,13H,11-12H2,1-6H3/b9-7+,10-8+. The predicted octanol–water partition coefficient (Wildman–Crippen LogP) is 3.16. The number of rotatable bonds is 4. The summed E-state index contributed by atoms with van der Waals surface area (Å²) in [7, 11) is 0. The van der Waals surface area contributed by atoms with Crippen molar-refractivity contribution in [3.63, 3.8) is 0 Å². The van der Waals surface area contributed by atoms with Crippen LogP contribution in [0.5, 0.6) is 0 Å². The molecule has 0 bridgehead atoms. The van der Waals surface area contributed by atoms with Gasteiger partial charge < -0.3 is 9.57 Å². The summed E-state index contributed by atoms with van der Waals surface area (Å²) in [6, 6.07) is 0. The second kappa shape index (κ2) is 7.09. The van der Waals surface area contributed by atoms with Crippen molar-refractivity contribution in [2.24, 2.45) is 0 Å². The molecule has 1 aliphatic heterocycles. The number of allylic oxidation sites excluding steroid dienone is 2. The van der Waals surface area contributed by atoms with E-state index < -0.39 is 17.0 Å². The molecule has 0 N–H and O–H groups in total. The van der Waals surface area contributed by atoms with Crippen LogP contribution >= 0.6 is 0 Å². The van der Waals surface area contributed by atoms with Crippen LogP contribution in [0.15, 0.2) is 24.3 Å². The van der Waals surface area contributed by atoms with Crippen molar-refractivity contribution in [3.8, 4) is 0 Å². The minimum absolute atomic E-state index is 0.203. The third-order valence-electron chi connectivity index (χ3n) is 3.62. The van der Waals surface area contributed by atoms with E-state index in [4.69, 9.17) is 9.57 Å². The number of carbonyl (C=O) groups is 2. The Balaban J connectivity index is 2.88. The van der Waals surface area contributed by atoms with E-state index in [0.29, 0.717) is 12.8 Å². The number of hydrogen-bond acceptors (Lipinski definition) is 5. The first-order valence-corrected chi connectivity index (χ1v) is 7.60. The van der Waals surface area contributed by atoms with E-state index >= 15 is 0 Å². The van der Waals surface area contributed by atoms with Crippen LogP contribution in [0.4, 0.5) is 0 Å². The first kappa shape index (κ1) is 18.4. The van der Waals surface area contributed by atoms with Crippen LogP contribution in [0.25, 0.3) is 0 Å². The first-order valence-electron chi connectivity index (χ1n) is 7.60. The van der Waals surface area contributed by atoms with Crippen LogP contribution in [-0.2, 0) is 19.2 Å². The lowest BCUT2D eigenvalue weighted by molar-refractivity contribution is -0.273. The minimum Gasteiger partial charge on any atom is -0.459 e. The van der Waals surface area contributed by atoms with Gasteiger partial charge in [-0.25, -0.2) is 9.59 Å². The summed E-state index contributed by atoms with van der Waals surface area (Å²) in [5, 5.41) is 1.72. The van der Waals surface area contributed by atoms with Gasteiger partial charge in [-0.3, -0.25) is 0 Å². The number of ether oxygens (including phenoxy) is 1. The molecule has 0 spiro atoms. The Hall–Kier alpha value is -1.62. The zero-order valence-corrected chi connectivity index (χ0v) is 14.4. The fraction of sp³-hybridized carbons (Fsp3) is 0.647. The Morgan fingerprint density at radius 3 is 1.86 bits per heavy atom. The molecule has 0 aromatic heterocycles. The largest absolute Gasteiger partial charge is 0.459 e. The van der Waals surface area contributed by atoms with Gasteiger partial charge in [0.25, 0.3) is 0 Å². The molecule has 1 rings (SSSR count). The van der Waals surface area contributed by atoms with E-state index in [-0.39, 0.29) is 12.1 Å². The molecule has 1 heterocycles. The average molecular weight is 309 g/mol. The van der Waals surface area contributed by atoms with Gasteiger partial charge in [0.2, 0.25) is 0 Å². The van der Waals surface area contributed by atoms with Gasteiger partial charge in [-0.05, 0) is 41.5 Å². The lowest BCUT2D eigenvalue weighted by Gasteiger charge is -2.52. The lowest BCUT2D eigenvalue weighted by Crippen LogP contribution is -2.62. The molecule has 1 aliphatic rings. The molecular formula is C17H27NO4. The summed E-state index contributed by atoms with van der Waals surface area (Å²) in [6.45, 7) is 11.5. The monoisotopic (exact) mass is 309 g/mol. The van der Waals surface area contributed by atoms with E-state index in [0.717, 1.165) is 0 Å². The average Bonchev–Trinajstić information content (AvgIpc) is 2.33. The Kier molecular flexibility index (Phi) is 5.94. The highest BCUT2D eigenvalue weighted by atomic mass is 16.7. The number of piperidine rings is 1. The lowest BCUT2D eigenvalue weighted by atomic mass is 9.80. The zero-order valence-electron chi connectivity index (χ0n) is 14.4. The summed E-state index contributed by atoms with van der Waals surface area (Å²) in [5.74, 6) is -0.730. The van der Waals surface area contributed by atoms with Crippen LogP contribution < -0.4 is 0 Å². The Bertz CT molecular complexity index is 459. The van der Waals surface area contributed by atoms with Crippen molar-refractivity contribution in [2.75, 3.05) is 0 Å². The molecule has 1 fully saturated rings. The van der Waals surface area contributed by atoms with Crippen molar-refractivity contribution >= 4 is 11.9 Å². The SMILES string of the molecule is C/C=C/C(=O)OC1CC(C)(C)N(OC(=O)/C=C/C)C(C)(C)C1. The van der Waals surface area contributed by atoms with Gasteiger partial charge in [0.1, 0.15) is 6.10 Å². The molecule has 0 aromatic carbocycles. The fourth-order valence-corrected chi connectivity index (χ4v) is 3.10. The van der Waals surface area contributed by atoms with E-state index in [1.807, 2.05) is 27.7 Å². The number of carbonyl (C=O) groups excluding carboxylic acids is 2. The van der Waals surface area contributed by atoms with Crippen LogP contribution in [0.2, 0.25) is 0 Å². The number of esters is 1. The number of nitrogens with zero attached hydrogens (tertiary/aromatic N) is 1. The molecule has 0 radical (unpaired) electrons. The molecule has 0 aliphatic carbocycles. The highest BCUT2D eigenvalue weighted by molar-refractivity contribution is 5.82. The van der Waals surface area contributed by atoms with Crippen LogP contribution in [0, 0.1) is 0 Å². The van der Waals surface area contributed by atoms with E-state index in [1.54, 1.807) is 31.1 Å². The molecule has 0 saturated carbocycles.